The highest BCUT2D eigenvalue weighted by molar-refractivity contribution is 7.91. The summed E-state index contributed by atoms with van der Waals surface area (Å²) in [7, 11) is 0.385. The number of benzene rings is 2. The highest BCUT2D eigenvalue weighted by atomic mass is 32.2. The quantitative estimate of drug-likeness (QED) is 0.237. The van der Waals surface area contributed by atoms with Crippen molar-refractivity contribution in [1.29, 1.82) is 4.78 Å². The first kappa shape index (κ1) is 29.0. The number of fused-ring (bicyclic) bond motifs is 1. The van der Waals surface area contributed by atoms with E-state index in [2.05, 4.69) is 22.5 Å². The summed E-state index contributed by atoms with van der Waals surface area (Å²) < 4.78 is 80.9. The summed E-state index contributed by atoms with van der Waals surface area (Å²) in [6, 6.07) is 9.37. The zero-order valence-electron chi connectivity index (χ0n) is 21.7. The molecule has 2 heterocycles. The fourth-order valence-corrected chi connectivity index (χ4v) is 6.33. The van der Waals surface area contributed by atoms with Crippen LogP contribution in [0.5, 0.6) is 5.75 Å². The first-order chi connectivity index (χ1) is 18.4. The van der Waals surface area contributed by atoms with Crippen molar-refractivity contribution in [1.82, 2.24) is 4.90 Å². The molecule has 39 heavy (non-hydrogen) atoms. The largest absolute Gasteiger partial charge is 0.495 e. The molecule has 2 unspecified atom stereocenters. The van der Waals surface area contributed by atoms with Crippen molar-refractivity contribution in [3.05, 3.63) is 46.8 Å². The lowest BCUT2D eigenvalue weighted by Gasteiger charge is -2.33. The normalized spacial score (nSPS) is 19.7. The van der Waals surface area contributed by atoms with E-state index in [0.29, 0.717) is 49.9 Å². The lowest BCUT2D eigenvalue weighted by Crippen LogP contribution is -2.46. The molecular formula is C27H30F4N4O2S2. The fourth-order valence-electron chi connectivity index (χ4n) is 4.50. The van der Waals surface area contributed by atoms with Gasteiger partial charge in [0.15, 0.2) is 0 Å². The summed E-state index contributed by atoms with van der Waals surface area (Å²) in [6.07, 6.45) is -4.72. The summed E-state index contributed by atoms with van der Waals surface area (Å²) in [4.78, 5) is 2.54. The first-order valence-electron chi connectivity index (χ1n) is 12.2. The topological polar surface area (TPSA) is 77.4 Å². The number of likely N-dealkylation sites (tertiary alicyclic amines) is 1. The van der Waals surface area contributed by atoms with Crippen molar-refractivity contribution in [3.63, 3.8) is 0 Å². The number of nitrogens with zero attached hydrogens (tertiary/aromatic N) is 1. The van der Waals surface area contributed by atoms with Gasteiger partial charge in [-0.15, -0.1) is 11.3 Å². The Labute approximate surface area is 229 Å². The van der Waals surface area contributed by atoms with Crippen molar-refractivity contribution in [2.45, 2.75) is 36.1 Å². The van der Waals surface area contributed by atoms with Gasteiger partial charge in [-0.25, -0.2) is 13.4 Å². The average molecular weight is 583 g/mol. The molecule has 12 heteroatoms. The molecule has 1 fully saturated rings. The number of alkyl halides is 4. The second kappa shape index (κ2) is 11.6. The molecule has 0 amide bonds. The minimum Gasteiger partial charge on any atom is -0.495 e. The molecule has 1 aromatic heterocycles. The number of ether oxygens (including phenoxy) is 1. The predicted molar refractivity (Wildman–Crippen MR) is 149 cm³/mol. The Morgan fingerprint density at radius 2 is 2.03 bits per heavy atom. The molecule has 0 aliphatic carbocycles. The van der Waals surface area contributed by atoms with Gasteiger partial charge in [0, 0.05) is 19.3 Å². The second-order valence-corrected chi connectivity index (χ2v) is 12.7. The monoisotopic (exact) mass is 582 g/mol. The van der Waals surface area contributed by atoms with Crippen LogP contribution >= 0.6 is 11.3 Å². The molecule has 4 rings (SSSR count). The van der Waals surface area contributed by atoms with Gasteiger partial charge in [0.2, 0.25) is 0 Å². The van der Waals surface area contributed by atoms with Crippen LogP contribution in [0.4, 0.5) is 28.9 Å². The standard InChI is InChI=1S/C27H30F4N4O2S2/c1-35-13-11-21(20(28)16-35)34-23-7-4-6-18-19(15-27(29,30)31)25(38-26(18)23)8-5-12-33-22-10-9-17(39(3,32)36)14-24(22)37-2/h4,6-7,9-10,14,20-21,32-34H,11-13,15-16H2,1-3H3/t20-,21?,39?/m1/s1. The van der Waals surface area contributed by atoms with E-state index in [0.717, 1.165) is 6.54 Å². The zero-order chi connectivity index (χ0) is 28.4. The van der Waals surface area contributed by atoms with Gasteiger partial charge < -0.3 is 20.3 Å². The summed E-state index contributed by atoms with van der Waals surface area (Å²) in [5.41, 5.74) is 1.27. The number of nitrogens with one attached hydrogen (secondary N) is 3. The maximum absolute atomic E-state index is 14.7. The summed E-state index contributed by atoms with van der Waals surface area (Å²) in [5, 5.41) is 6.75. The van der Waals surface area contributed by atoms with E-state index in [1.807, 2.05) is 11.9 Å². The molecule has 1 aliphatic rings. The lowest BCUT2D eigenvalue weighted by atomic mass is 10.0. The Kier molecular flexibility index (Phi) is 8.63. The van der Waals surface area contributed by atoms with Gasteiger partial charge in [0.1, 0.15) is 11.9 Å². The molecule has 3 aromatic rings. The van der Waals surface area contributed by atoms with Crippen LogP contribution < -0.4 is 15.4 Å². The van der Waals surface area contributed by atoms with E-state index in [1.54, 1.807) is 30.3 Å². The molecule has 3 atom stereocenters. The third-order valence-corrected chi connectivity index (χ3v) is 8.82. The van der Waals surface area contributed by atoms with Crippen molar-refractivity contribution >= 4 is 42.5 Å². The van der Waals surface area contributed by atoms with E-state index in [-0.39, 0.29) is 12.1 Å². The summed E-state index contributed by atoms with van der Waals surface area (Å²) >= 11 is 1.17. The molecule has 210 valence electrons. The molecular weight excluding hydrogens is 552 g/mol. The maximum Gasteiger partial charge on any atom is 0.393 e. The SMILES string of the molecule is COc1cc(S(C)(=N)=O)ccc1NCC#Cc1sc2c(NC3CCN(C)C[C@H]3F)cccc2c1CC(F)(F)F. The van der Waals surface area contributed by atoms with Gasteiger partial charge >= 0.3 is 6.18 Å². The molecule has 1 saturated heterocycles. The Bertz CT molecular complexity index is 1510. The minimum atomic E-state index is -4.42. The van der Waals surface area contributed by atoms with Gasteiger partial charge in [0.05, 0.1) is 61.7 Å². The van der Waals surface area contributed by atoms with Crippen LogP contribution in [0.3, 0.4) is 0 Å². The average Bonchev–Trinajstić information content (AvgIpc) is 3.19. The number of methoxy groups -OCH3 is 1. The van der Waals surface area contributed by atoms with Crippen LogP contribution in [0.25, 0.3) is 10.1 Å². The first-order valence-corrected chi connectivity index (χ1v) is 15.0. The number of anilines is 2. The van der Waals surface area contributed by atoms with Crippen molar-refractivity contribution in [3.8, 4) is 17.6 Å². The van der Waals surface area contributed by atoms with Crippen LogP contribution in [0.1, 0.15) is 16.9 Å². The summed E-state index contributed by atoms with van der Waals surface area (Å²) in [5.74, 6) is 6.17. The van der Waals surface area contributed by atoms with E-state index < -0.39 is 34.5 Å². The van der Waals surface area contributed by atoms with Crippen LogP contribution in [0, 0.1) is 16.6 Å². The second-order valence-electron chi connectivity index (χ2n) is 9.56. The van der Waals surface area contributed by atoms with Crippen molar-refractivity contribution in [2.75, 3.05) is 50.7 Å². The molecule has 1 aliphatic heterocycles. The maximum atomic E-state index is 14.7. The number of halogens is 4. The molecule has 6 nitrogen and oxygen atoms in total. The van der Waals surface area contributed by atoms with Crippen molar-refractivity contribution in [2.24, 2.45) is 0 Å². The third kappa shape index (κ3) is 7.15. The van der Waals surface area contributed by atoms with Gasteiger partial charge in [-0.1, -0.05) is 24.0 Å². The van der Waals surface area contributed by atoms with E-state index in [1.165, 1.54) is 30.8 Å². The highest BCUT2D eigenvalue weighted by Gasteiger charge is 2.32. The molecule has 0 bridgehead atoms. The van der Waals surface area contributed by atoms with Crippen molar-refractivity contribution < 1.29 is 26.5 Å². The number of rotatable bonds is 7. The molecule has 0 radical (unpaired) electrons. The van der Waals surface area contributed by atoms with Gasteiger partial charge in [-0.2, -0.15) is 13.2 Å². The fraction of sp³-hybridized carbons (Fsp3) is 0.407. The van der Waals surface area contributed by atoms with Gasteiger partial charge in [-0.3, -0.25) is 0 Å². The Hall–Kier alpha value is -3.01. The summed E-state index contributed by atoms with van der Waals surface area (Å²) in [6.45, 7) is 1.15. The van der Waals surface area contributed by atoms with Gasteiger partial charge in [-0.05, 0) is 48.7 Å². The molecule has 3 N–H and O–H groups in total. The van der Waals surface area contributed by atoms with Crippen LogP contribution in [-0.2, 0) is 16.1 Å². The number of hydrogen-bond donors (Lipinski definition) is 3. The Morgan fingerprint density at radius 3 is 2.69 bits per heavy atom. The van der Waals surface area contributed by atoms with Crippen LogP contribution in [0.2, 0.25) is 0 Å². The lowest BCUT2D eigenvalue weighted by molar-refractivity contribution is -0.126. The zero-order valence-corrected chi connectivity index (χ0v) is 23.4. The molecule has 0 saturated carbocycles. The number of hydrogen-bond acceptors (Lipinski definition) is 7. The predicted octanol–water partition coefficient (Wildman–Crippen LogP) is 5.97. The Morgan fingerprint density at radius 1 is 1.26 bits per heavy atom. The van der Waals surface area contributed by atoms with E-state index in [4.69, 9.17) is 9.52 Å². The number of piperidine rings is 1. The Balaban J connectivity index is 1.61. The third-order valence-electron chi connectivity index (χ3n) is 6.47. The molecule has 0 spiro atoms. The smallest absolute Gasteiger partial charge is 0.393 e. The minimum absolute atomic E-state index is 0.105. The van der Waals surface area contributed by atoms with E-state index >= 15 is 0 Å². The van der Waals surface area contributed by atoms with E-state index in [9.17, 15) is 21.8 Å². The van der Waals surface area contributed by atoms with Gasteiger partial charge in [0.25, 0.3) is 0 Å². The molecule has 2 aromatic carbocycles. The van der Waals surface area contributed by atoms with Crippen LogP contribution in [0.15, 0.2) is 41.3 Å². The van der Waals surface area contributed by atoms with Crippen LogP contribution in [-0.4, -0.2) is 67.5 Å². The number of thiophene rings is 1. The highest BCUT2D eigenvalue weighted by Crippen LogP contribution is 2.39.